The van der Waals surface area contributed by atoms with Crippen molar-refractivity contribution in [1.29, 1.82) is 0 Å². The molecule has 1 heterocycles. The average Bonchev–Trinajstić information content (AvgIpc) is 3.30. The highest BCUT2D eigenvalue weighted by atomic mass is 16.5. The highest BCUT2D eigenvalue weighted by molar-refractivity contribution is 5.94. The Labute approximate surface area is 216 Å². The Morgan fingerprint density at radius 1 is 0.973 bits per heavy atom. The van der Waals surface area contributed by atoms with E-state index in [2.05, 4.69) is 31.4 Å². The molecule has 0 aliphatic rings. The number of fused-ring (bicyclic) bond motifs is 1. The number of anilines is 1. The molecular formula is C30H32N2O5. The van der Waals surface area contributed by atoms with Crippen molar-refractivity contribution in [3.05, 3.63) is 84.4 Å². The summed E-state index contributed by atoms with van der Waals surface area (Å²) in [5, 5.41) is 15.9. The average molecular weight is 501 g/mol. The van der Waals surface area contributed by atoms with E-state index in [1.165, 1.54) is 0 Å². The van der Waals surface area contributed by atoms with E-state index in [9.17, 15) is 9.59 Å². The molecule has 3 aromatic carbocycles. The van der Waals surface area contributed by atoms with Gasteiger partial charge < -0.3 is 24.9 Å². The number of carboxylic acids is 1. The van der Waals surface area contributed by atoms with Gasteiger partial charge in [-0.1, -0.05) is 39.0 Å². The summed E-state index contributed by atoms with van der Waals surface area (Å²) in [4.78, 5) is 22.8. The standard InChI is InChI=1S/C30H32N2O5/c1-30(2,3)27(32-23-12-8-21(9-13-23)29(35)31-17-16-28(33)34)19-36-24-14-10-20(11-15-24)26-18-22-6-4-5-7-25(22)37-26/h4-15,18,27,32H,16-17,19H2,1-3H3,(H,31,35)(H,33,34)/t27-/m1/s1. The minimum absolute atomic E-state index is 0.00204. The van der Waals surface area contributed by atoms with Crippen LogP contribution in [-0.2, 0) is 4.79 Å². The first-order valence-corrected chi connectivity index (χ1v) is 12.3. The molecule has 3 N–H and O–H groups in total. The first kappa shape index (κ1) is 25.8. The van der Waals surface area contributed by atoms with Gasteiger partial charge in [0, 0.05) is 28.7 Å². The van der Waals surface area contributed by atoms with Gasteiger partial charge in [-0.05, 0) is 66.1 Å². The van der Waals surface area contributed by atoms with Crippen LogP contribution >= 0.6 is 0 Å². The Morgan fingerprint density at radius 2 is 1.68 bits per heavy atom. The highest BCUT2D eigenvalue weighted by Crippen LogP contribution is 2.30. The van der Waals surface area contributed by atoms with E-state index >= 15 is 0 Å². The number of aliphatic carboxylic acids is 1. The molecule has 1 atom stereocenters. The molecule has 0 spiro atoms. The van der Waals surface area contributed by atoms with Crippen LogP contribution in [0.25, 0.3) is 22.3 Å². The number of carboxylic acid groups (broad SMARTS) is 1. The Bertz CT molecular complexity index is 1320. The summed E-state index contributed by atoms with van der Waals surface area (Å²) in [5.74, 6) is 0.345. The van der Waals surface area contributed by atoms with Crippen molar-refractivity contribution in [3.8, 4) is 17.1 Å². The summed E-state index contributed by atoms with van der Waals surface area (Å²) in [6, 6.07) is 25.0. The molecule has 0 fully saturated rings. The number of hydrogen-bond donors (Lipinski definition) is 3. The van der Waals surface area contributed by atoms with Gasteiger partial charge in [0.1, 0.15) is 23.7 Å². The number of nitrogens with one attached hydrogen (secondary N) is 2. The van der Waals surface area contributed by atoms with Crippen molar-refractivity contribution in [2.24, 2.45) is 5.41 Å². The van der Waals surface area contributed by atoms with Crippen LogP contribution in [0.2, 0.25) is 0 Å². The molecule has 0 saturated carbocycles. The fourth-order valence-electron chi connectivity index (χ4n) is 3.83. The third-order valence-corrected chi connectivity index (χ3v) is 6.14. The molecule has 4 rings (SSSR count). The normalized spacial score (nSPS) is 12.2. The summed E-state index contributed by atoms with van der Waals surface area (Å²) in [6.45, 7) is 6.97. The Balaban J connectivity index is 1.36. The number of carbonyl (C=O) groups excluding carboxylic acids is 1. The van der Waals surface area contributed by atoms with Gasteiger partial charge in [-0.2, -0.15) is 0 Å². The predicted octanol–water partition coefficient (Wildman–Crippen LogP) is 6.21. The predicted molar refractivity (Wildman–Crippen MR) is 145 cm³/mol. The number of hydrogen-bond acceptors (Lipinski definition) is 5. The van der Waals surface area contributed by atoms with Crippen molar-refractivity contribution in [1.82, 2.24) is 5.32 Å². The van der Waals surface area contributed by atoms with Gasteiger partial charge in [-0.25, -0.2) is 0 Å². The molecule has 0 radical (unpaired) electrons. The smallest absolute Gasteiger partial charge is 0.305 e. The quantitative estimate of drug-likeness (QED) is 0.239. The minimum atomic E-state index is -0.947. The third kappa shape index (κ3) is 6.91. The first-order chi connectivity index (χ1) is 17.7. The molecule has 0 saturated heterocycles. The summed E-state index contributed by atoms with van der Waals surface area (Å²) in [6.07, 6.45) is -0.110. The third-order valence-electron chi connectivity index (χ3n) is 6.14. The summed E-state index contributed by atoms with van der Waals surface area (Å²) in [5.41, 5.74) is 3.10. The van der Waals surface area contributed by atoms with Crippen LogP contribution in [0.3, 0.4) is 0 Å². The van der Waals surface area contributed by atoms with E-state index in [0.717, 1.165) is 33.7 Å². The monoisotopic (exact) mass is 500 g/mol. The van der Waals surface area contributed by atoms with E-state index in [1.54, 1.807) is 12.1 Å². The zero-order valence-corrected chi connectivity index (χ0v) is 21.3. The Morgan fingerprint density at radius 3 is 2.32 bits per heavy atom. The van der Waals surface area contributed by atoms with E-state index in [1.807, 2.05) is 66.7 Å². The highest BCUT2D eigenvalue weighted by Gasteiger charge is 2.25. The fourth-order valence-corrected chi connectivity index (χ4v) is 3.83. The molecule has 7 nitrogen and oxygen atoms in total. The lowest BCUT2D eigenvalue weighted by Crippen LogP contribution is -2.39. The van der Waals surface area contributed by atoms with E-state index < -0.39 is 5.97 Å². The molecule has 0 aliphatic heterocycles. The zero-order valence-electron chi connectivity index (χ0n) is 21.3. The second-order valence-electron chi connectivity index (χ2n) is 10.0. The van der Waals surface area contributed by atoms with Crippen LogP contribution in [0, 0.1) is 5.41 Å². The molecule has 0 unspecified atom stereocenters. The van der Waals surface area contributed by atoms with Crippen LogP contribution in [0.5, 0.6) is 5.75 Å². The van der Waals surface area contributed by atoms with E-state index in [4.69, 9.17) is 14.3 Å². The van der Waals surface area contributed by atoms with Gasteiger partial charge in [-0.3, -0.25) is 9.59 Å². The van der Waals surface area contributed by atoms with Crippen LogP contribution < -0.4 is 15.4 Å². The number of para-hydroxylation sites is 1. The number of carbonyl (C=O) groups is 2. The Kier molecular flexibility index (Phi) is 7.82. The second-order valence-corrected chi connectivity index (χ2v) is 10.0. The summed E-state index contributed by atoms with van der Waals surface area (Å²) in [7, 11) is 0. The van der Waals surface area contributed by atoms with Gasteiger partial charge in [0.2, 0.25) is 0 Å². The topological polar surface area (TPSA) is 101 Å². The first-order valence-electron chi connectivity index (χ1n) is 12.3. The van der Waals surface area contributed by atoms with Crippen molar-refractivity contribution in [2.75, 3.05) is 18.5 Å². The maximum atomic E-state index is 12.2. The number of ether oxygens (including phenoxy) is 1. The SMILES string of the molecule is CC(C)(C)[C@@H](COc1ccc(-c2cc3ccccc3o2)cc1)Nc1ccc(C(=O)NCCC(=O)O)cc1. The molecule has 0 bridgehead atoms. The fraction of sp³-hybridized carbons (Fsp3) is 0.267. The van der Waals surface area contributed by atoms with Gasteiger partial charge in [0.25, 0.3) is 5.91 Å². The lowest BCUT2D eigenvalue weighted by Gasteiger charge is -2.32. The van der Waals surface area contributed by atoms with Gasteiger partial charge >= 0.3 is 5.97 Å². The lowest BCUT2D eigenvalue weighted by molar-refractivity contribution is -0.136. The molecule has 7 heteroatoms. The van der Waals surface area contributed by atoms with Crippen LogP contribution in [-0.4, -0.2) is 36.2 Å². The van der Waals surface area contributed by atoms with Gasteiger partial charge in [-0.15, -0.1) is 0 Å². The van der Waals surface area contributed by atoms with Crippen LogP contribution in [0.15, 0.2) is 83.3 Å². The second kappa shape index (κ2) is 11.2. The van der Waals surface area contributed by atoms with Crippen molar-refractivity contribution < 1.29 is 23.8 Å². The molecule has 192 valence electrons. The number of benzene rings is 3. The van der Waals surface area contributed by atoms with E-state index in [0.29, 0.717) is 12.2 Å². The Hall–Kier alpha value is -4.26. The minimum Gasteiger partial charge on any atom is -0.491 e. The van der Waals surface area contributed by atoms with Crippen molar-refractivity contribution >= 4 is 28.5 Å². The van der Waals surface area contributed by atoms with Crippen molar-refractivity contribution in [3.63, 3.8) is 0 Å². The molecule has 4 aromatic rings. The molecular weight excluding hydrogens is 468 g/mol. The van der Waals surface area contributed by atoms with E-state index in [-0.39, 0.29) is 30.3 Å². The number of furan rings is 1. The molecule has 0 aliphatic carbocycles. The van der Waals surface area contributed by atoms with Gasteiger partial charge in [0.05, 0.1) is 12.5 Å². The zero-order chi connectivity index (χ0) is 26.4. The molecule has 1 aromatic heterocycles. The number of amides is 1. The van der Waals surface area contributed by atoms with Crippen molar-refractivity contribution in [2.45, 2.75) is 33.2 Å². The lowest BCUT2D eigenvalue weighted by atomic mass is 9.87. The summed E-state index contributed by atoms with van der Waals surface area (Å²) >= 11 is 0. The molecule has 37 heavy (non-hydrogen) atoms. The summed E-state index contributed by atoms with van der Waals surface area (Å²) < 4.78 is 12.1. The largest absolute Gasteiger partial charge is 0.491 e. The maximum absolute atomic E-state index is 12.2. The van der Waals surface area contributed by atoms with Crippen LogP contribution in [0.1, 0.15) is 37.6 Å². The van der Waals surface area contributed by atoms with Gasteiger partial charge in [0.15, 0.2) is 0 Å². The maximum Gasteiger partial charge on any atom is 0.305 e. The number of rotatable bonds is 10. The molecule has 1 amide bonds. The van der Waals surface area contributed by atoms with Crippen LogP contribution in [0.4, 0.5) is 5.69 Å².